The highest BCUT2D eigenvalue weighted by atomic mass is 16.5. The summed E-state index contributed by atoms with van der Waals surface area (Å²) in [7, 11) is 1.70. The zero-order chi connectivity index (χ0) is 15.1. The van der Waals surface area contributed by atoms with Gasteiger partial charge in [0.05, 0.1) is 13.2 Å². The van der Waals surface area contributed by atoms with E-state index >= 15 is 0 Å². The van der Waals surface area contributed by atoms with E-state index in [0.717, 1.165) is 25.1 Å². The third-order valence-electron chi connectivity index (χ3n) is 3.79. The van der Waals surface area contributed by atoms with E-state index in [0.29, 0.717) is 0 Å². The Morgan fingerprint density at radius 1 is 1.00 bits per heavy atom. The van der Waals surface area contributed by atoms with Gasteiger partial charge in [0.2, 0.25) is 0 Å². The van der Waals surface area contributed by atoms with Crippen LogP contribution in [0.1, 0.15) is 43.0 Å². The summed E-state index contributed by atoms with van der Waals surface area (Å²) in [5, 5.41) is 3.67. The van der Waals surface area contributed by atoms with Gasteiger partial charge in [0.25, 0.3) is 0 Å². The summed E-state index contributed by atoms with van der Waals surface area (Å²) >= 11 is 0. The molecule has 2 heteroatoms. The molecule has 0 saturated heterocycles. The number of ether oxygens (including phenoxy) is 1. The van der Waals surface area contributed by atoms with E-state index in [4.69, 9.17) is 4.74 Å². The molecular formula is C19H25NO. The van der Waals surface area contributed by atoms with Crippen molar-refractivity contribution in [2.75, 3.05) is 13.7 Å². The maximum Gasteiger partial charge on any atom is 0.118 e. The van der Waals surface area contributed by atoms with Gasteiger partial charge in [0.1, 0.15) is 5.75 Å². The number of aryl methyl sites for hydroxylation is 1. The molecule has 0 radical (unpaired) electrons. The van der Waals surface area contributed by atoms with Gasteiger partial charge in [0.15, 0.2) is 0 Å². The molecule has 2 nitrogen and oxygen atoms in total. The summed E-state index contributed by atoms with van der Waals surface area (Å²) in [5.41, 5.74) is 4.06. The summed E-state index contributed by atoms with van der Waals surface area (Å²) in [6.45, 7) is 5.42. The summed E-state index contributed by atoms with van der Waals surface area (Å²) in [6.07, 6.45) is 2.18. The Kier molecular flexibility index (Phi) is 5.82. The van der Waals surface area contributed by atoms with Gasteiger partial charge >= 0.3 is 0 Å². The van der Waals surface area contributed by atoms with Crippen LogP contribution in [0.4, 0.5) is 0 Å². The van der Waals surface area contributed by atoms with Gasteiger partial charge in [-0.15, -0.1) is 0 Å². The molecule has 1 atom stereocenters. The molecule has 1 N–H and O–H groups in total. The second-order valence-electron chi connectivity index (χ2n) is 5.21. The van der Waals surface area contributed by atoms with E-state index in [1.807, 2.05) is 12.1 Å². The molecule has 0 heterocycles. The van der Waals surface area contributed by atoms with Crippen molar-refractivity contribution < 1.29 is 4.74 Å². The molecule has 2 rings (SSSR count). The highest BCUT2D eigenvalue weighted by molar-refractivity contribution is 5.39. The number of hydrogen-bond acceptors (Lipinski definition) is 2. The summed E-state index contributed by atoms with van der Waals surface area (Å²) in [6, 6.07) is 17.3. The molecule has 0 aliphatic heterocycles. The van der Waals surface area contributed by atoms with Crippen LogP contribution in [0.2, 0.25) is 0 Å². The van der Waals surface area contributed by atoms with Crippen LogP contribution >= 0.6 is 0 Å². The average molecular weight is 283 g/mol. The lowest BCUT2D eigenvalue weighted by Gasteiger charge is -2.22. The van der Waals surface area contributed by atoms with Crippen molar-refractivity contribution >= 4 is 0 Å². The molecule has 112 valence electrons. The number of benzene rings is 2. The Morgan fingerprint density at radius 3 is 2.33 bits per heavy atom. The Bertz CT molecular complexity index is 548. The van der Waals surface area contributed by atoms with Crippen molar-refractivity contribution in [3.63, 3.8) is 0 Å². The Morgan fingerprint density at radius 2 is 1.71 bits per heavy atom. The standard InChI is InChI=1S/C19H25NO/c1-4-14-20-19(16-10-12-17(21-3)13-11-16)18-9-7-6-8-15(18)5-2/h6-13,19-20H,4-5,14H2,1-3H3. The van der Waals surface area contributed by atoms with Crippen molar-refractivity contribution in [3.05, 3.63) is 65.2 Å². The maximum absolute atomic E-state index is 5.26. The first-order valence-electron chi connectivity index (χ1n) is 7.75. The van der Waals surface area contributed by atoms with Crippen molar-refractivity contribution in [3.8, 4) is 5.75 Å². The second kappa shape index (κ2) is 7.84. The smallest absolute Gasteiger partial charge is 0.118 e. The van der Waals surface area contributed by atoms with Gasteiger partial charge in [0, 0.05) is 0 Å². The third kappa shape index (κ3) is 3.85. The van der Waals surface area contributed by atoms with E-state index < -0.39 is 0 Å². The topological polar surface area (TPSA) is 21.3 Å². The van der Waals surface area contributed by atoms with Gasteiger partial charge < -0.3 is 10.1 Å². The SMILES string of the molecule is CCCNC(c1ccc(OC)cc1)c1ccccc1CC. The van der Waals surface area contributed by atoms with E-state index in [-0.39, 0.29) is 6.04 Å². The van der Waals surface area contributed by atoms with Crippen molar-refractivity contribution in [1.29, 1.82) is 0 Å². The minimum Gasteiger partial charge on any atom is -0.497 e. The van der Waals surface area contributed by atoms with Crippen LogP contribution in [-0.2, 0) is 6.42 Å². The lowest BCUT2D eigenvalue weighted by molar-refractivity contribution is 0.414. The van der Waals surface area contributed by atoms with E-state index in [9.17, 15) is 0 Å². The molecule has 0 aliphatic rings. The number of rotatable bonds is 7. The largest absolute Gasteiger partial charge is 0.497 e. The molecule has 0 amide bonds. The van der Waals surface area contributed by atoms with Crippen LogP contribution in [0.3, 0.4) is 0 Å². The quantitative estimate of drug-likeness (QED) is 0.816. The normalized spacial score (nSPS) is 12.1. The Hall–Kier alpha value is -1.80. The fraction of sp³-hybridized carbons (Fsp3) is 0.368. The molecule has 2 aromatic rings. The van der Waals surface area contributed by atoms with Crippen LogP contribution in [-0.4, -0.2) is 13.7 Å². The third-order valence-corrected chi connectivity index (χ3v) is 3.79. The van der Waals surface area contributed by atoms with Gasteiger partial charge in [-0.25, -0.2) is 0 Å². The van der Waals surface area contributed by atoms with Crippen LogP contribution in [0.25, 0.3) is 0 Å². The zero-order valence-corrected chi connectivity index (χ0v) is 13.2. The first-order chi connectivity index (χ1) is 10.3. The van der Waals surface area contributed by atoms with Crippen LogP contribution in [0.15, 0.2) is 48.5 Å². The summed E-state index contributed by atoms with van der Waals surface area (Å²) in [5.74, 6) is 0.900. The van der Waals surface area contributed by atoms with Crippen molar-refractivity contribution in [2.45, 2.75) is 32.7 Å². The van der Waals surface area contributed by atoms with Gasteiger partial charge in [-0.05, 0) is 48.2 Å². The average Bonchev–Trinajstić information content (AvgIpc) is 2.56. The van der Waals surface area contributed by atoms with E-state index in [2.05, 4.69) is 55.6 Å². The summed E-state index contributed by atoms with van der Waals surface area (Å²) in [4.78, 5) is 0. The number of hydrogen-bond donors (Lipinski definition) is 1. The molecule has 0 fully saturated rings. The first kappa shape index (κ1) is 15.6. The number of methoxy groups -OCH3 is 1. The molecule has 0 spiro atoms. The molecule has 0 bridgehead atoms. The fourth-order valence-corrected chi connectivity index (χ4v) is 2.63. The molecule has 1 unspecified atom stereocenters. The molecule has 0 aromatic heterocycles. The van der Waals surface area contributed by atoms with Crippen LogP contribution < -0.4 is 10.1 Å². The molecular weight excluding hydrogens is 258 g/mol. The fourth-order valence-electron chi connectivity index (χ4n) is 2.63. The zero-order valence-electron chi connectivity index (χ0n) is 13.2. The minimum atomic E-state index is 0.243. The van der Waals surface area contributed by atoms with Gasteiger partial charge in [-0.1, -0.05) is 50.2 Å². The Labute approximate surface area is 128 Å². The predicted molar refractivity (Wildman–Crippen MR) is 89.0 cm³/mol. The lowest BCUT2D eigenvalue weighted by Crippen LogP contribution is -2.24. The Balaban J connectivity index is 2.36. The maximum atomic E-state index is 5.26. The molecule has 21 heavy (non-hydrogen) atoms. The summed E-state index contributed by atoms with van der Waals surface area (Å²) < 4.78 is 5.26. The van der Waals surface area contributed by atoms with E-state index in [1.165, 1.54) is 16.7 Å². The monoisotopic (exact) mass is 283 g/mol. The lowest BCUT2D eigenvalue weighted by atomic mass is 9.93. The van der Waals surface area contributed by atoms with Crippen LogP contribution in [0.5, 0.6) is 5.75 Å². The molecule has 0 saturated carbocycles. The van der Waals surface area contributed by atoms with Gasteiger partial charge in [-0.3, -0.25) is 0 Å². The molecule has 2 aromatic carbocycles. The first-order valence-corrected chi connectivity index (χ1v) is 7.75. The highest BCUT2D eigenvalue weighted by Gasteiger charge is 2.15. The number of nitrogens with one attached hydrogen (secondary N) is 1. The minimum absolute atomic E-state index is 0.243. The van der Waals surface area contributed by atoms with Gasteiger partial charge in [-0.2, -0.15) is 0 Å². The predicted octanol–water partition coefficient (Wildman–Crippen LogP) is 4.35. The van der Waals surface area contributed by atoms with Crippen molar-refractivity contribution in [2.24, 2.45) is 0 Å². The second-order valence-corrected chi connectivity index (χ2v) is 5.21. The molecule has 0 aliphatic carbocycles. The highest BCUT2D eigenvalue weighted by Crippen LogP contribution is 2.27. The van der Waals surface area contributed by atoms with Crippen molar-refractivity contribution in [1.82, 2.24) is 5.32 Å². The van der Waals surface area contributed by atoms with E-state index in [1.54, 1.807) is 7.11 Å². The van der Waals surface area contributed by atoms with Crippen LogP contribution in [0, 0.1) is 0 Å².